The molecule has 1 aromatic rings. The number of halogens is 2. The van der Waals surface area contributed by atoms with Gasteiger partial charge in [0.25, 0.3) is 0 Å². The SMILES string of the molecule is CCOC(=O)C(C)(NCC(C)C)c1ccc(F)c(Cl)c1. The number of hydrogen-bond acceptors (Lipinski definition) is 3. The number of esters is 1. The van der Waals surface area contributed by atoms with Gasteiger partial charge in [-0.1, -0.05) is 31.5 Å². The van der Waals surface area contributed by atoms with Gasteiger partial charge in [-0.15, -0.1) is 0 Å². The van der Waals surface area contributed by atoms with Crippen LogP contribution in [0.15, 0.2) is 18.2 Å². The topological polar surface area (TPSA) is 38.3 Å². The van der Waals surface area contributed by atoms with Crippen LogP contribution in [-0.4, -0.2) is 19.1 Å². The molecule has 1 atom stereocenters. The van der Waals surface area contributed by atoms with E-state index in [4.69, 9.17) is 16.3 Å². The number of benzene rings is 1. The van der Waals surface area contributed by atoms with Crippen molar-refractivity contribution in [1.82, 2.24) is 5.32 Å². The Hall–Kier alpha value is -1.13. The molecule has 1 N–H and O–H groups in total. The smallest absolute Gasteiger partial charge is 0.330 e. The second-order valence-corrected chi connectivity index (χ2v) is 5.66. The lowest BCUT2D eigenvalue weighted by atomic mass is 9.91. The van der Waals surface area contributed by atoms with Crippen molar-refractivity contribution in [2.24, 2.45) is 5.92 Å². The number of nitrogens with one attached hydrogen (secondary N) is 1. The first-order valence-corrected chi connectivity index (χ1v) is 7.06. The monoisotopic (exact) mass is 301 g/mol. The largest absolute Gasteiger partial charge is 0.464 e. The lowest BCUT2D eigenvalue weighted by molar-refractivity contribution is -0.151. The predicted octanol–water partition coefficient (Wildman–Crippen LogP) is 3.50. The molecule has 0 aromatic heterocycles. The van der Waals surface area contributed by atoms with Gasteiger partial charge in [-0.25, -0.2) is 9.18 Å². The van der Waals surface area contributed by atoms with Crippen molar-refractivity contribution in [2.75, 3.05) is 13.2 Å². The fourth-order valence-electron chi connectivity index (χ4n) is 1.78. The maximum atomic E-state index is 13.3. The second-order valence-electron chi connectivity index (χ2n) is 5.25. The summed E-state index contributed by atoms with van der Waals surface area (Å²) in [6.45, 7) is 8.46. The molecule has 0 heterocycles. The molecular weight excluding hydrogens is 281 g/mol. The highest BCUT2D eigenvalue weighted by Crippen LogP contribution is 2.27. The first-order valence-electron chi connectivity index (χ1n) is 6.69. The molecule has 0 radical (unpaired) electrons. The van der Waals surface area contributed by atoms with E-state index in [-0.39, 0.29) is 11.6 Å². The summed E-state index contributed by atoms with van der Waals surface area (Å²) in [6.07, 6.45) is 0. The Morgan fingerprint density at radius 1 is 1.50 bits per heavy atom. The van der Waals surface area contributed by atoms with E-state index in [0.717, 1.165) is 0 Å². The van der Waals surface area contributed by atoms with Gasteiger partial charge in [0.2, 0.25) is 0 Å². The van der Waals surface area contributed by atoms with Crippen LogP contribution in [0.1, 0.15) is 33.3 Å². The lowest BCUT2D eigenvalue weighted by Gasteiger charge is -2.30. The third-order valence-electron chi connectivity index (χ3n) is 3.04. The van der Waals surface area contributed by atoms with Crippen LogP contribution >= 0.6 is 11.6 Å². The molecule has 0 bridgehead atoms. The van der Waals surface area contributed by atoms with E-state index < -0.39 is 17.3 Å². The van der Waals surface area contributed by atoms with Crippen molar-refractivity contribution >= 4 is 17.6 Å². The average molecular weight is 302 g/mol. The number of rotatable bonds is 6. The van der Waals surface area contributed by atoms with Crippen LogP contribution in [0, 0.1) is 11.7 Å². The Morgan fingerprint density at radius 3 is 2.65 bits per heavy atom. The molecule has 0 spiro atoms. The summed E-state index contributed by atoms with van der Waals surface area (Å²) in [5.74, 6) is -0.548. The summed E-state index contributed by atoms with van der Waals surface area (Å²) < 4.78 is 18.4. The normalized spacial score (nSPS) is 14.2. The highest BCUT2D eigenvalue weighted by atomic mass is 35.5. The fraction of sp³-hybridized carbons (Fsp3) is 0.533. The summed E-state index contributed by atoms with van der Waals surface area (Å²) in [6, 6.07) is 4.26. The molecule has 0 saturated carbocycles. The third kappa shape index (κ3) is 3.93. The Kier molecular flexibility index (Phi) is 5.96. The molecule has 112 valence electrons. The van der Waals surface area contributed by atoms with Gasteiger partial charge in [-0.05, 0) is 44.0 Å². The maximum Gasteiger partial charge on any atom is 0.330 e. The maximum absolute atomic E-state index is 13.3. The highest BCUT2D eigenvalue weighted by Gasteiger charge is 2.36. The van der Waals surface area contributed by atoms with Crippen LogP contribution in [0.25, 0.3) is 0 Å². The van der Waals surface area contributed by atoms with E-state index in [0.29, 0.717) is 18.0 Å². The number of ether oxygens (including phenoxy) is 1. The van der Waals surface area contributed by atoms with E-state index in [1.807, 2.05) is 13.8 Å². The van der Waals surface area contributed by atoms with Crippen LogP contribution in [-0.2, 0) is 15.1 Å². The Labute approximate surface area is 124 Å². The van der Waals surface area contributed by atoms with Gasteiger partial charge in [0.1, 0.15) is 11.4 Å². The third-order valence-corrected chi connectivity index (χ3v) is 3.33. The minimum atomic E-state index is -1.04. The molecule has 20 heavy (non-hydrogen) atoms. The van der Waals surface area contributed by atoms with Gasteiger partial charge in [0, 0.05) is 0 Å². The number of carbonyl (C=O) groups excluding carboxylic acids is 1. The van der Waals surface area contributed by atoms with Crippen molar-refractivity contribution < 1.29 is 13.9 Å². The van der Waals surface area contributed by atoms with Crippen molar-refractivity contribution in [1.29, 1.82) is 0 Å². The van der Waals surface area contributed by atoms with Gasteiger partial charge in [-0.3, -0.25) is 5.32 Å². The number of carbonyl (C=O) groups is 1. The molecule has 0 aliphatic carbocycles. The van der Waals surface area contributed by atoms with Gasteiger partial charge < -0.3 is 4.74 Å². The molecule has 1 aromatic carbocycles. The zero-order valence-electron chi connectivity index (χ0n) is 12.3. The first-order chi connectivity index (χ1) is 9.31. The van der Waals surface area contributed by atoms with Crippen molar-refractivity contribution in [3.8, 4) is 0 Å². The molecular formula is C15H21ClFNO2. The van der Waals surface area contributed by atoms with Crippen LogP contribution in [0.2, 0.25) is 5.02 Å². The van der Waals surface area contributed by atoms with Crippen LogP contribution < -0.4 is 5.32 Å². The van der Waals surface area contributed by atoms with E-state index in [2.05, 4.69) is 5.32 Å². The highest BCUT2D eigenvalue weighted by molar-refractivity contribution is 6.30. The quantitative estimate of drug-likeness (QED) is 0.817. The summed E-state index contributed by atoms with van der Waals surface area (Å²) in [4.78, 5) is 12.3. The van der Waals surface area contributed by atoms with Crippen LogP contribution in [0.4, 0.5) is 4.39 Å². The molecule has 1 rings (SSSR count). The zero-order valence-corrected chi connectivity index (χ0v) is 13.1. The first kappa shape index (κ1) is 16.9. The predicted molar refractivity (Wildman–Crippen MR) is 78.2 cm³/mol. The Bertz CT molecular complexity index is 479. The zero-order chi connectivity index (χ0) is 15.3. The van der Waals surface area contributed by atoms with Crippen molar-refractivity contribution in [2.45, 2.75) is 33.2 Å². The van der Waals surface area contributed by atoms with Crippen molar-refractivity contribution in [3.63, 3.8) is 0 Å². The van der Waals surface area contributed by atoms with Gasteiger partial charge >= 0.3 is 5.97 Å². The van der Waals surface area contributed by atoms with E-state index in [1.165, 1.54) is 12.1 Å². The average Bonchev–Trinajstić information content (AvgIpc) is 2.39. The molecule has 0 aliphatic rings. The summed E-state index contributed by atoms with van der Waals surface area (Å²) in [7, 11) is 0. The van der Waals surface area contributed by atoms with E-state index in [9.17, 15) is 9.18 Å². The molecule has 0 saturated heterocycles. The molecule has 0 amide bonds. The van der Waals surface area contributed by atoms with Gasteiger partial charge in [-0.2, -0.15) is 0 Å². The van der Waals surface area contributed by atoms with Crippen molar-refractivity contribution in [3.05, 3.63) is 34.6 Å². The second kappa shape index (κ2) is 7.04. The molecule has 1 unspecified atom stereocenters. The lowest BCUT2D eigenvalue weighted by Crippen LogP contribution is -2.49. The minimum Gasteiger partial charge on any atom is -0.464 e. The van der Waals surface area contributed by atoms with E-state index >= 15 is 0 Å². The molecule has 3 nitrogen and oxygen atoms in total. The molecule has 0 aliphatic heterocycles. The summed E-state index contributed by atoms with van der Waals surface area (Å²) >= 11 is 5.81. The van der Waals surface area contributed by atoms with Crippen LogP contribution in [0.5, 0.6) is 0 Å². The van der Waals surface area contributed by atoms with Gasteiger partial charge in [0.05, 0.1) is 11.6 Å². The van der Waals surface area contributed by atoms with E-state index in [1.54, 1.807) is 19.9 Å². The standard InChI is InChI=1S/C15H21ClFNO2/c1-5-20-14(19)15(4,18-9-10(2)3)11-6-7-13(17)12(16)8-11/h6-8,10,18H,5,9H2,1-4H3. The summed E-state index contributed by atoms with van der Waals surface area (Å²) in [5, 5.41) is 3.18. The minimum absolute atomic E-state index is 0.00984. The molecule has 0 fully saturated rings. The fourth-order valence-corrected chi connectivity index (χ4v) is 1.96. The van der Waals surface area contributed by atoms with Gasteiger partial charge in [0.15, 0.2) is 0 Å². The number of hydrogen-bond donors (Lipinski definition) is 1. The molecule has 5 heteroatoms. The Balaban J connectivity index is 3.14. The van der Waals surface area contributed by atoms with Crippen LogP contribution in [0.3, 0.4) is 0 Å². The Morgan fingerprint density at radius 2 is 2.15 bits per heavy atom. The summed E-state index contributed by atoms with van der Waals surface area (Å²) in [5.41, 5.74) is -0.458.